The molecule has 0 spiro atoms. The quantitative estimate of drug-likeness (QED) is 0.811. The molecule has 0 bridgehead atoms. The van der Waals surface area contributed by atoms with Crippen molar-refractivity contribution in [1.82, 2.24) is 10.3 Å². The molecule has 0 saturated heterocycles. The molecule has 5 heteroatoms. The van der Waals surface area contributed by atoms with Gasteiger partial charge in [0.05, 0.1) is 12.3 Å². The monoisotopic (exact) mass is 314 g/mol. The Bertz CT molecular complexity index is 727. The van der Waals surface area contributed by atoms with Crippen molar-refractivity contribution in [2.45, 2.75) is 45.1 Å². The lowest BCUT2D eigenvalue weighted by Crippen LogP contribution is -2.39. The average Bonchev–Trinajstić information content (AvgIpc) is 2.92. The van der Waals surface area contributed by atoms with Gasteiger partial charge in [0, 0.05) is 23.1 Å². The van der Waals surface area contributed by atoms with Gasteiger partial charge in [-0.1, -0.05) is 12.1 Å². The molecule has 1 aliphatic carbocycles. The van der Waals surface area contributed by atoms with Crippen LogP contribution in [0, 0.1) is 12.8 Å². The van der Waals surface area contributed by atoms with E-state index in [1.807, 2.05) is 31.3 Å². The summed E-state index contributed by atoms with van der Waals surface area (Å²) >= 11 is 0. The highest BCUT2D eigenvalue weighted by Gasteiger charge is 2.26. The number of aliphatic carboxylic acids is 1. The summed E-state index contributed by atoms with van der Waals surface area (Å²) in [6, 6.07) is 6.16. The van der Waals surface area contributed by atoms with Gasteiger partial charge in [-0.25, -0.2) is 0 Å². The smallest absolute Gasteiger partial charge is 0.306 e. The van der Waals surface area contributed by atoms with E-state index in [2.05, 4.69) is 10.3 Å². The first-order valence-electron chi connectivity index (χ1n) is 8.12. The second kappa shape index (κ2) is 6.44. The predicted octanol–water partition coefficient (Wildman–Crippen LogP) is 2.78. The number of hydrogen-bond donors (Lipinski definition) is 3. The van der Waals surface area contributed by atoms with Crippen LogP contribution in [0.1, 0.15) is 36.8 Å². The van der Waals surface area contributed by atoms with Crippen LogP contribution in [0.15, 0.2) is 24.4 Å². The number of carbonyl (C=O) groups is 2. The lowest BCUT2D eigenvalue weighted by atomic mass is 9.86. The first kappa shape index (κ1) is 15.6. The number of aryl methyl sites for hydroxylation is 1. The normalized spacial score (nSPS) is 21.3. The third kappa shape index (κ3) is 3.38. The first-order chi connectivity index (χ1) is 11.0. The summed E-state index contributed by atoms with van der Waals surface area (Å²) < 4.78 is 0. The van der Waals surface area contributed by atoms with Crippen LogP contribution in [0.4, 0.5) is 0 Å². The number of nitrogens with one attached hydrogen (secondary N) is 2. The van der Waals surface area contributed by atoms with Crippen molar-refractivity contribution in [3.8, 4) is 0 Å². The second-order valence-corrected chi connectivity index (χ2v) is 6.44. The highest BCUT2D eigenvalue weighted by Crippen LogP contribution is 2.25. The van der Waals surface area contributed by atoms with Crippen molar-refractivity contribution in [2.75, 3.05) is 0 Å². The Balaban J connectivity index is 1.60. The molecule has 0 radical (unpaired) electrons. The predicted molar refractivity (Wildman–Crippen MR) is 88.3 cm³/mol. The molecule has 0 atom stereocenters. The van der Waals surface area contributed by atoms with Crippen LogP contribution in [0.2, 0.25) is 0 Å². The van der Waals surface area contributed by atoms with E-state index in [1.54, 1.807) is 0 Å². The SMILES string of the molecule is Cc1cccc2[nH]cc(CC(=O)NC3CCC(C(=O)O)CC3)c12. The van der Waals surface area contributed by atoms with E-state index in [-0.39, 0.29) is 17.9 Å². The zero-order valence-corrected chi connectivity index (χ0v) is 13.3. The Morgan fingerprint density at radius 3 is 2.70 bits per heavy atom. The van der Waals surface area contributed by atoms with Gasteiger partial charge in [-0.15, -0.1) is 0 Å². The number of carboxylic acid groups (broad SMARTS) is 1. The summed E-state index contributed by atoms with van der Waals surface area (Å²) in [6.07, 6.45) is 5.03. The van der Waals surface area contributed by atoms with Gasteiger partial charge in [0.2, 0.25) is 5.91 Å². The third-order valence-corrected chi connectivity index (χ3v) is 4.79. The number of hydrogen-bond acceptors (Lipinski definition) is 2. The molecule has 0 aliphatic heterocycles. The zero-order valence-electron chi connectivity index (χ0n) is 13.3. The summed E-state index contributed by atoms with van der Waals surface area (Å²) in [5.41, 5.74) is 3.22. The van der Waals surface area contributed by atoms with Crippen LogP contribution < -0.4 is 5.32 Å². The topological polar surface area (TPSA) is 82.2 Å². The Hall–Kier alpha value is -2.30. The van der Waals surface area contributed by atoms with E-state index in [1.165, 1.54) is 0 Å². The van der Waals surface area contributed by atoms with Gasteiger partial charge < -0.3 is 15.4 Å². The highest BCUT2D eigenvalue weighted by atomic mass is 16.4. The van der Waals surface area contributed by atoms with Crippen LogP contribution in [-0.2, 0) is 16.0 Å². The van der Waals surface area contributed by atoms with E-state index in [0.717, 1.165) is 34.9 Å². The van der Waals surface area contributed by atoms with E-state index in [9.17, 15) is 9.59 Å². The maximum absolute atomic E-state index is 12.3. The minimum atomic E-state index is -0.718. The molecule has 1 saturated carbocycles. The molecule has 1 fully saturated rings. The number of rotatable bonds is 4. The van der Waals surface area contributed by atoms with Gasteiger partial charge >= 0.3 is 5.97 Å². The zero-order chi connectivity index (χ0) is 16.4. The number of H-pyrrole nitrogens is 1. The average molecular weight is 314 g/mol. The van der Waals surface area contributed by atoms with Crippen LogP contribution in [0.5, 0.6) is 0 Å². The van der Waals surface area contributed by atoms with Crippen molar-refractivity contribution in [2.24, 2.45) is 5.92 Å². The number of carboxylic acids is 1. The minimum Gasteiger partial charge on any atom is -0.481 e. The van der Waals surface area contributed by atoms with Gasteiger partial charge in [0.1, 0.15) is 0 Å². The van der Waals surface area contributed by atoms with Crippen LogP contribution in [0.25, 0.3) is 10.9 Å². The van der Waals surface area contributed by atoms with E-state index < -0.39 is 5.97 Å². The standard InChI is InChI=1S/C18H22N2O3/c1-11-3-2-4-15-17(11)13(10-19-15)9-16(21)20-14-7-5-12(6-8-14)18(22)23/h2-4,10,12,14,19H,5-9H2,1H3,(H,20,21)(H,22,23). The molecule has 122 valence electrons. The number of carbonyl (C=O) groups excluding carboxylic acids is 1. The van der Waals surface area contributed by atoms with Crippen LogP contribution >= 0.6 is 0 Å². The largest absolute Gasteiger partial charge is 0.481 e. The van der Waals surface area contributed by atoms with Crippen molar-refractivity contribution >= 4 is 22.8 Å². The summed E-state index contributed by atoms with van der Waals surface area (Å²) in [5.74, 6) is -0.962. The number of aromatic nitrogens is 1. The number of fused-ring (bicyclic) bond motifs is 1. The van der Waals surface area contributed by atoms with Crippen molar-refractivity contribution in [3.05, 3.63) is 35.5 Å². The van der Waals surface area contributed by atoms with Crippen molar-refractivity contribution in [3.63, 3.8) is 0 Å². The summed E-state index contributed by atoms with van der Waals surface area (Å²) in [5, 5.41) is 13.2. The van der Waals surface area contributed by atoms with Crippen molar-refractivity contribution in [1.29, 1.82) is 0 Å². The van der Waals surface area contributed by atoms with Gasteiger partial charge in [-0.3, -0.25) is 9.59 Å². The lowest BCUT2D eigenvalue weighted by Gasteiger charge is -2.26. The molecule has 3 N–H and O–H groups in total. The van der Waals surface area contributed by atoms with Crippen molar-refractivity contribution < 1.29 is 14.7 Å². The van der Waals surface area contributed by atoms with Gasteiger partial charge in [-0.05, 0) is 49.8 Å². The molecule has 1 aromatic heterocycles. The summed E-state index contributed by atoms with van der Waals surface area (Å²) in [4.78, 5) is 26.5. The third-order valence-electron chi connectivity index (χ3n) is 4.79. The molecule has 5 nitrogen and oxygen atoms in total. The lowest BCUT2D eigenvalue weighted by molar-refractivity contribution is -0.142. The summed E-state index contributed by atoms with van der Waals surface area (Å²) in [7, 11) is 0. The molecule has 1 heterocycles. The minimum absolute atomic E-state index is 0.00734. The van der Waals surface area contributed by atoms with E-state index in [0.29, 0.717) is 19.3 Å². The molecule has 3 rings (SSSR count). The molecular formula is C18H22N2O3. The summed E-state index contributed by atoms with van der Waals surface area (Å²) in [6.45, 7) is 2.05. The molecule has 0 unspecified atom stereocenters. The molecule has 1 aromatic carbocycles. The van der Waals surface area contributed by atoms with Gasteiger partial charge in [0.25, 0.3) is 0 Å². The number of amides is 1. The molecule has 2 aromatic rings. The van der Waals surface area contributed by atoms with E-state index in [4.69, 9.17) is 5.11 Å². The van der Waals surface area contributed by atoms with Crippen LogP contribution in [-0.4, -0.2) is 28.0 Å². The molecule has 23 heavy (non-hydrogen) atoms. The number of aromatic amines is 1. The molecule has 1 aliphatic rings. The van der Waals surface area contributed by atoms with Gasteiger partial charge in [-0.2, -0.15) is 0 Å². The maximum Gasteiger partial charge on any atom is 0.306 e. The Kier molecular flexibility index (Phi) is 4.37. The maximum atomic E-state index is 12.3. The Labute approximate surface area is 135 Å². The van der Waals surface area contributed by atoms with Crippen LogP contribution in [0.3, 0.4) is 0 Å². The Morgan fingerprint density at radius 1 is 1.26 bits per heavy atom. The number of benzene rings is 1. The van der Waals surface area contributed by atoms with Gasteiger partial charge in [0.15, 0.2) is 0 Å². The highest BCUT2D eigenvalue weighted by molar-refractivity contribution is 5.91. The fourth-order valence-electron chi connectivity index (χ4n) is 3.53. The Morgan fingerprint density at radius 2 is 2.00 bits per heavy atom. The first-order valence-corrected chi connectivity index (χ1v) is 8.12. The molecule has 1 amide bonds. The second-order valence-electron chi connectivity index (χ2n) is 6.44. The van der Waals surface area contributed by atoms with E-state index >= 15 is 0 Å². The fourth-order valence-corrected chi connectivity index (χ4v) is 3.53. The molecular weight excluding hydrogens is 292 g/mol. The fraction of sp³-hybridized carbons (Fsp3) is 0.444.